The second-order valence-corrected chi connectivity index (χ2v) is 8.35. The van der Waals surface area contributed by atoms with Gasteiger partial charge < -0.3 is 10.6 Å². The molecule has 23 heavy (non-hydrogen) atoms. The topological polar surface area (TPSA) is 87.3 Å². The third-order valence-electron chi connectivity index (χ3n) is 5.21. The summed E-state index contributed by atoms with van der Waals surface area (Å²) >= 11 is 0. The van der Waals surface area contributed by atoms with E-state index < -0.39 is 10.0 Å². The first kappa shape index (κ1) is 16.4. The van der Waals surface area contributed by atoms with Crippen molar-refractivity contribution in [3.05, 3.63) is 23.8 Å². The summed E-state index contributed by atoms with van der Waals surface area (Å²) in [6.07, 6.45) is 3.02. The van der Waals surface area contributed by atoms with Crippen LogP contribution in [0.4, 0.5) is 5.69 Å². The van der Waals surface area contributed by atoms with Gasteiger partial charge in [0, 0.05) is 11.6 Å². The summed E-state index contributed by atoms with van der Waals surface area (Å²) in [5.41, 5.74) is 1.30. The molecule has 2 aliphatic rings. The van der Waals surface area contributed by atoms with Gasteiger partial charge in [0.25, 0.3) is 0 Å². The minimum Gasteiger partial charge on any atom is -0.326 e. The third kappa shape index (κ3) is 3.00. The number of hydrogen-bond acceptors (Lipinski definition) is 4. The predicted molar refractivity (Wildman–Crippen MR) is 88.7 cm³/mol. The maximum atomic E-state index is 12.5. The van der Waals surface area contributed by atoms with Crippen LogP contribution >= 0.6 is 0 Å². The average Bonchev–Trinajstić information content (AvgIpc) is 3.23. The van der Waals surface area contributed by atoms with Gasteiger partial charge in [-0.3, -0.25) is 4.79 Å². The molecule has 0 radical (unpaired) electrons. The largest absolute Gasteiger partial charge is 0.326 e. The first-order valence-electron chi connectivity index (χ1n) is 7.94. The highest BCUT2D eigenvalue weighted by atomic mass is 32.2. The monoisotopic (exact) mass is 337 g/mol. The van der Waals surface area contributed by atoms with Gasteiger partial charge in [-0.1, -0.05) is 6.07 Å². The van der Waals surface area contributed by atoms with Gasteiger partial charge in [0.1, 0.15) is 0 Å². The van der Waals surface area contributed by atoms with Crippen molar-refractivity contribution in [2.45, 2.75) is 31.1 Å². The second-order valence-electron chi connectivity index (χ2n) is 6.49. The highest BCUT2D eigenvalue weighted by molar-refractivity contribution is 7.89. The van der Waals surface area contributed by atoms with Crippen LogP contribution in [0.5, 0.6) is 0 Å². The molecule has 7 heteroatoms. The fourth-order valence-corrected chi connectivity index (χ4v) is 4.56. The molecular formula is C16H23N3O3S. The lowest BCUT2D eigenvalue weighted by atomic mass is 9.91. The molecular weight excluding hydrogens is 314 g/mol. The molecule has 3 rings (SSSR count). The van der Waals surface area contributed by atoms with Gasteiger partial charge in [-0.15, -0.1) is 0 Å². The summed E-state index contributed by atoms with van der Waals surface area (Å²) in [7, 11) is -2.15. The molecule has 3 N–H and O–H groups in total. The smallest absolute Gasteiger partial charge is 0.240 e. The summed E-state index contributed by atoms with van der Waals surface area (Å²) in [5.74, 6) is 0.0579. The average molecular weight is 337 g/mol. The molecule has 1 atom stereocenters. The molecule has 1 saturated carbocycles. The van der Waals surface area contributed by atoms with Gasteiger partial charge in [0.05, 0.1) is 4.90 Å². The maximum absolute atomic E-state index is 12.5. The number of carbonyl (C=O) groups excluding carboxylic acids is 1. The maximum Gasteiger partial charge on any atom is 0.240 e. The first-order chi connectivity index (χ1) is 10.9. The van der Waals surface area contributed by atoms with Crippen molar-refractivity contribution < 1.29 is 13.2 Å². The van der Waals surface area contributed by atoms with E-state index in [1.54, 1.807) is 25.1 Å². The summed E-state index contributed by atoms with van der Waals surface area (Å²) < 4.78 is 26.3. The van der Waals surface area contributed by atoms with E-state index in [4.69, 9.17) is 0 Å². The van der Waals surface area contributed by atoms with Crippen molar-refractivity contribution >= 4 is 21.6 Å². The van der Waals surface area contributed by atoms with Crippen LogP contribution in [-0.2, 0) is 14.8 Å². The minimum absolute atomic E-state index is 0.00834. The highest BCUT2D eigenvalue weighted by Crippen LogP contribution is 2.58. The van der Waals surface area contributed by atoms with E-state index in [2.05, 4.69) is 15.4 Å². The Morgan fingerprint density at radius 1 is 1.30 bits per heavy atom. The number of nitrogens with one attached hydrogen (secondary N) is 3. The predicted octanol–water partition coefficient (Wildman–Crippen LogP) is 1.23. The van der Waals surface area contributed by atoms with E-state index in [-0.39, 0.29) is 22.1 Å². The number of rotatable bonds is 4. The summed E-state index contributed by atoms with van der Waals surface area (Å²) in [5, 5.41) is 6.25. The van der Waals surface area contributed by atoms with Crippen molar-refractivity contribution in [2.75, 3.05) is 25.5 Å². The Kier molecular flexibility index (Phi) is 4.20. The van der Waals surface area contributed by atoms with Crippen LogP contribution in [0.15, 0.2) is 23.1 Å². The summed E-state index contributed by atoms with van der Waals surface area (Å²) in [6.45, 7) is 3.66. The molecule has 1 heterocycles. The Hall–Kier alpha value is -1.44. The SMILES string of the molecule is CNS(=O)(=O)c1cccc(NC(=O)C2CC23CCNCC3)c1C. The lowest BCUT2D eigenvalue weighted by Gasteiger charge is -2.23. The number of carbonyl (C=O) groups is 1. The van der Waals surface area contributed by atoms with E-state index in [1.165, 1.54) is 7.05 Å². The molecule has 1 aliphatic carbocycles. The van der Waals surface area contributed by atoms with Crippen molar-refractivity contribution in [3.8, 4) is 0 Å². The van der Waals surface area contributed by atoms with Crippen LogP contribution in [0.3, 0.4) is 0 Å². The van der Waals surface area contributed by atoms with Gasteiger partial charge in [0.2, 0.25) is 15.9 Å². The van der Waals surface area contributed by atoms with Crippen LogP contribution < -0.4 is 15.4 Å². The van der Waals surface area contributed by atoms with Crippen molar-refractivity contribution in [2.24, 2.45) is 11.3 Å². The van der Waals surface area contributed by atoms with Crippen molar-refractivity contribution in [1.82, 2.24) is 10.0 Å². The molecule has 126 valence electrons. The van der Waals surface area contributed by atoms with E-state index in [1.807, 2.05) is 0 Å². The molecule has 0 aromatic heterocycles. The third-order valence-corrected chi connectivity index (χ3v) is 6.76. The Labute approximate surface area is 137 Å². The number of benzene rings is 1. The van der Waals surface area contributed by atoms with Gasteiger partial charge in [0.15, 0.2) is 0 Å². The summed E-state index contributed by atoms with van der Waals surface area (Å²) in [6, 6.07) is 4.95. The second kappa shape index (κ2) is 5.89. The molecule has 1 amide bonds. The highest BCUT2D eigenvalue weighted by Gasteiger charge is 2.57. The molecule has 1 spiro atoms. The zero-order valence-corrected chi connectivity index (χ0v) is 14.3. The van der Waals surface area contributed by atoms with Crippen LogP contribution in [0, 0.1) is 18.3 Å². The fraction of sp³-hybridized carbons (Fsp3) is 0.562. The van der Waals surface area contributed by atoms with Crippen LogP contribution in [0.25, 0.3) is 0 Å². The Bertz CT molecular complexity index is 724. The lowest BCUT2D eigenvalue weighted by molar-refractivity contribution is -0.118. The molecule has 0 bridgehead atoms. The zero-order chi connectivity index (χ0) is 16.7. The van der Waals surface area contributed by atoms with Crippen LogP contribution in [-0.4, -0.2) is 34.5 Å². The Morgan fingerprint density at radius 2 is 2.00 bits per heavy atom. The molecule has 6 nitrogen and oxygen atoms in total. The lowest BCUT2D eigenvalue weighted by Crippen LogP contribution is -2.31. The number of sulfonamides is 1. The van der Waals surface area contributed by atoms with Gasteiger partial charge >= 0.3 is 0 Å². The van der Waals surface area contributed by atoms with E-state index in [0.29, 0.717) is 11.3 Å². The first-order valence-corrected chi connectivity index (χ1v) is 9.43. The Balaban J connectivity index is 1.76. The minimum atomic E-state index is -3.53. The van der Waals surface area contributed by atoms with Gasteiger partial charge in [-0.25, -0.2) is 13.1 Å². The molecule has 1 unspecified atom stereocenters. The summed E-state index contributed by atoms with van der Waals surface area (Å²) in [4.78, 5) is 12.7. The van der Waals surface area contributed by atoms with E-state index >= 15 is 0 Å². The number of hydrogen-bond donors (Lipinski definition) is 3. The van der Waals surface area contributed by atoms with Gasteiger partial charge in [-0.05, 0) is 69.4 Å². The zero-order valence-electron chi connectivity index (χ0n) is 13.5. The molecule has 1 aliphatic heterocycles. The normalized spacial score (nSPS) is 22.8. The van der Waals surface area contributed by atoms with Crippen LogP contribution in [0.2, 0.25) is 0 Å². The number of anilines is 1. The molecule has 1 aromatic rings. The van der Waals surface area contributed by atoms with Gasteiger partial charge in [-0.2, -0.15) is 0 Å². The molecule has 1 saturated heterocycles. The van der Waals surface area contributed by atoms with Crippen LogP contribution in [0.1, 0.15) is 24.8 Å². The van der Waals surface area contributed by atoms with Crippen molar-refractivity contribution in [3.63, 3.8) is 0 Å². The molecule has 1 aromatic carbocycles. The fourth-order valence-electron chi connectivity index (χ4n) is 3.57. The number of amides is 1. The standard InChI is InChI=1S/C16H23N3O3S/c1-11-13(4-3-5-14(11)23(21,22)17-2)19-15(20)12-10-16(12)6-8-18-9-7-16/h3-5,12,17-18H,6-10H2,1-2H3,(H,19,20). The molecule has 2 fully saturated rings. The van der Waals surface area contributed by atoms with Crippen molar-refractivity contribution in [1.29, 1.82) is 0 Å². The quantitative estimate of drug-likeness (QED) is 0.771. The number of piperidine rings is 1. The van der Waals surface area contributed by atoms with E-state index in [0.717, 1.165) is 32.4 Å². The van der Waals surface area contributed by atoms with E-state index in [9.17, 15) is 13.2 Å². The Morgan fingerprint density at radius 3 is 2.65 bits per heavy atom.